The molecule has 1 atom stereocenters. The Kier molecular flexibility index (Phi) is 9.53. The molecular formula is C41H40N4O8. The number of aromatic nitrogens is 2. The molecule has 0 unspecified atom stereocenters. The number of imidazole rings is 1. The maximum absolute atomic E-state index is 14.3. The first-order valence-corrected chi connectivity index (χ1v) is 17.2. The predicted molar refractivity (Wildman–Crippen MR) is 201 cm³/mol. The zero-order valence-corrected chi connectivity index (χ0v) is 30.4. The minimum atomic E-state index is -0.513. The molecule has 0 saturated heterocycles. The number of aryl methyl sites for hydroxylation is 2. The van der Waals surface area contributed by atoms with Crippen molar-refractivity contribution in [2.75, 3.05) is 28.4 Å². The molecule has 12 heteroatoms. The smallest absolute Gasteiger partial charge is 0.224 e. The summed E-state index contributed by atoms with van der Waals surface area (Å²) in [7, 11) is 6.21. The van der Waals surface area contributed by atoms with Crippen LogP contribution >= 0.6 is 0 Å². The van der Waals surface area contributed by atoms with Gasteiger partial charge >= 0.3 is 0 Å². The number of hydrogen-bond donors (Lipinski definition) is 3. The summed E-state index contributed by atoms with van der Waals surface area (Å²) in [6, 6.07) is 17.9. The summed E-state index contributed by atoms with van der Waals surface area (Å²) in [6.45, 7) is 3.62. The number of nitrogens with one attached hydrogen (secondary N) is 3. The third kappa shape index (κ3) is 6.63. The Labute approximate surface area is 305 Å². The lowest BCUT2D eigenvalue weighted by molar-refractivity contribution is -0.121. The zero-order chi connectivity index (χ0) is 37.4. The second-order valence-corrected chi connectivity index (χ2v) is 13.0. The number of nitrogens with zero attached hydrogens (tertiary/aromatic N) is 1. The predicted octanol–water partition coefficient (Wildman–Crippen LogP) is 6.33. The van der Waals surface area contributed by atoms with Crippen LogP contribution in [0.3, 0.4) is 0 Å². The first kappa shape index (κ1) is 35.1. The van der Waals surface area contributed by atoms with Gasteiger partial charge in [0.1, 0.15) is 17.3 Å². The Balaban J connectivity index is 1.43. The number of ether oxygens (including phenoxy) is 4. The molecule has 7 rings (SSSR count). The summed E-state index contributed by atoms with van der Waals surface area (Å²) in [6.07, 6.45) is 0.916. The fourth-order valence-electron chi connectivity index (χ4n) is 7.20. The average molecular weight is 717 g/mol. The minimum Gasteiger partial charge on any atom is -0.497 e. The van der Waals surface area contributed by atoms with E-state index >= 15 is 0 Å². The van der Waals surface area contributed by atoms with Crippen LogP contribution in [-0.4, -0.2) is 50.2 Å². The Morgan fingerprint density at radius 2 is 1.72 bits per heavy atom. The van der Waals surface area contributed by atoms with Crippen molar-refractivity contribution >= 4 is 33.8 Å². The van der Waals surface area contributed by atoms with E-state index in [-0.39, 0.29) is 30.4 Å². The SMILES string of the molecule is COc1ccc(-c2oc3c(=O)cc4c(cc3c2CC(=O)NCc2nc3ccc(C)cc3[nH]2)-c2c(cc(OC)c(OC)c2OC)CC[C@@H]4NC(C)=O)cc1. The molecule has 0 bridgehead atoms. The lowest BCUT2D eigenvalue weighted by Crippen LogP contribution is -2.26. The highest BCUT2D eigenvalue weighted by Gasteiger charge is 2.31. The van der Waals surface area contributed by atoms with Crippen molar-refractivity contribution in [2.24, 2.45) is 0 Å². The van der Waals surface area contributed by atoms with E-state index < -0.39 is 11.5 Å². The molecule has 0 spiro atoms. The average Bonchev–Trinajstić information content (AvgIpc) is 3.64. The number of aromatic amines is 1. The molecule has 2 aromatic heterocycles. The van der Waals surface area contributed by atoms with Crippen LogP contribution in [0.5, 0.6) is 23.0 Å². The van der Waals surface area contributed by atoms with E-state index in [4.69, 9.17) is 23.4 Å². The largest absolute Gasteiger partial charge is 0.497 e. The van der Waals surface area contributed by atoms with E-state index in [0.29, 0.717) is 80.6 Å². The van der Waals surface area contributed by atoms with Gasteiger partial charge < -0.3 is 39.0 Å². The van der Waals surface area contributed by atoms with Gasteiger partial charge in [-0.1, -0.05) is 6.07 Å². The highest BCUT2D eigenvalue weighted by atomic mass is 16.5. The van der Waals surface area contributed by atoms with E-state index in [1.165, 1.54) is 20.1 Å². The lowest BCUT2D eigenvalue weighted by atomic mass is 9.94. The van der Waals surface area contributed by atoms with Crippen LogP contribution in [0.4, 0.5) is 0 Å². The Morgan fingerprint density at radius 1 is 0.943 bits per heavy atom. The molecule has 53 heavy (non-hydrogen) atoms. The first-order valence-electron chi connectivity index (χ1n) is 17.2. The van der Waals surface area contributed by atoms with Crippen molar-refractivity contribution < 1.29 is 33.0 Å². The third-order valence-corrected chi connectivity index (χ3v) is 9.62. The number of amides is 2. The maximum Gasteiger partial charge on any atom is 0.224 e. The van der Waals surface area contributed by atoms with Gasteiger partial charge in [-0.3, -0.25) is 14.4 Å². The molecule has 0 saturated carbocycles. The summed E-state index contributed by atoms with van der Waals surface area (Å²) in [5.74, 6) is 2.37. The van der Waals surface area contributed by atoms with Crippen molar-refractivity contribution in [3.05, 3.63) is 99.0 Å². The molecule has 1 aliphatic rings. The molecular weight excluding hydrogens is 676 g/mol. The van der Waals surface area contributed by atoms with E-state index in [1.54, 1.807) is 33.5 Å². The third-order valence-electron chi connectivity index (χ3n) is 9.62. The molecule has 0 radical (unpaired) electrons. The van der Waals surface area contributed by atoms with Gasteiger partial charge in [-0.2, -0.15) is 0 Å². The van der Waals surface area contributed by atoms with E-state index in [2.05, 4.69) is 20.6 Å². The van der Waals surface area contributed by atoms with Crippen LogP contribution in [0.15, 0.2) is 69.9 Å². The van der Waals surface area contributed by atoms with Crippen LogP contribution in [0, 0.1) is 6.92 Å². The Bertz CT molecular complexity index is 2450. The topological polar surface area (TPSA) is 154 Å². The van der Waals surface area contributed by atoms with Gasteiger partial charge in [-0.05, 0) is 96.6 Å². The number of benzene rings is 3. The van der Waals surface area contributed by atoms with Gasteiger partial charge in [0, 0.05) is 29.0 Å². The summed E-state index contributed by atoms with van der Waals surface area (Å²) in [5, 5.41) is 6.47. The molecule has 4 aromatic carbocycles. The molecule has 6 aromatic rings. The van der Waals surface area contributed by atoms with E-state index in [9.17, 15) is 14.4 Å². The standard InChI is InChI=1S/C41H40N4O8/c1-21-7-13-31-32(15-21)45-35(44-31)20-42-36(48)19-29-28-17-27-26(18-33(47)39(28)53-38(29)23-8-11-25(49-3)12-9-23)30(43-22(2)46)14-10-24-16-34(50-4)40(51-5)41(52-6)37(24)27/h7-9,11-13,15-18,30H,10,14,19-20H2,1-6H3,(H,42,48)(H,43,46)(H,44,45)/t30-/m0/s1. The van der Waals surface area contributed by atoms with E-state index in [0.717, 1.165) is 22.2 Å². The van der Waals surface area contributed by atoms with Crippen LogP contribution in [0.25, 0.3) is 44.5 Å². The van der Waals surface area contributed by atoms with Crippen LogP contribution in [0.1, 0.15) is 47.5 Å². The van der Waals surface area contributed by atoms with Crippen LogP contribution in [0.2, 0.25) is 0 Å². The zero-order valence-electron chi connectivity index (χ0n) is 30.4. The molecule has 2 heterocycles. The molecule has 0 fully saturated rings. The number of methoxy groups -OCH3 is 4. The normalized spacial score (nSPS) is 13.5. The quantitative estimate of drug-likeness (QED) is 0.148. The van der Waals surface area contributed by atoms with Gasteiger partial charge in [-0.25, -0.2) is 4.98 Å². The number of fused-ring (bicyclic) bond motifs is 5. The summed E-state index contributed by atoms with van der Waals surface area (Å²) >= 11 is 0. The van der Waals surface area contributed by atoms with Gasteiger partial charge in [0.05, 0.1) is 58.5 Å². The van der Waals surface area contributed by atoms with Crippen LogP contribution in [-0.2, 0) is 29.0 Å². The molecule has 3 N–H and O–H groups in total. The summed E-state index contributed by atoms with van der Waals surface area (Å²) in [4.78, 5) is 48.5. The van der Waals surface area contributed by atoms with Gasteiger partial charge in [0.25, 0.3) is 0 Å². The number of rotatable bonds is 10. The lowest BCUT2D eigenvalue weighted by Gasteiger charge is -2.20. The van der Waals surface area contributed by atoms with Crippen molar-refractivity contribution in [3.8, 4) is 45.4 Å². The van der Waals surface area contributed by atoms with E-state index in [1.807, 2.05) is 49.4 Å². The van der Waals surface area contributed by atoms with Crippen molar-refractivity contribution in [2.45, 2.75) is 45.7 Å². The monoisotopic (exact) mass is 716 g/mol. The number of hydrogen-bond acceptors (Lipinski definition) is 9. The molecule has 0 aliphatic heterocycles. The number of H-pyrrole nitrogens is 1. The molecule has 2 amide bonds. The number of carbonyl (C=O) groups excluding carboxylic acids is 2. The second kappa shape index (κ2) is 14.4. The minimum absolute atomic E-state index is 0.0712. The van der Waals surface area contributed by atoms with Crippen molar-refractivity contribution in [1.29, 1.82) is 0 Å². The Hall–Kier alpha value is -6.30. The highest BCUT2D eigenvalue weighted by Crippen LogP contribution is 2.51. The summed E-state index contributed by atoms with van der Waals surface area (Å²) in [5.41, 5.74) is 6.40. The Morgan fingerprint density at radius 3 is 2.42 bits per heavy atom. The molecule has 272 valence electrons. The number of furan rings is 1. The highest BCUT2D eigenvalue weighted by molar-refractivity contribution is 5.96. The number of carbonyl (C=O) groups is 2. The van der Waals surface area contributed by atoms with Crippen molar-refractivity contribution in [1.82, 2.24) is 20.6 Å². The summed E-state index contributed by atoms with van der Waals surface area (Å²) < 4.78 is 29.3. The fourth-order valence-corrected chi connectivity index (χ4v) is 7.20. The van der Waals surface area contributed by atoms with Gasteiger partial charge in [-0.15, -0.1) is 0 Å². The van der Waals surface area contributed by atoms with Crippen LogP contribution < -0.4 is 35.0 Å². The molecule has 1 aliphatic carbocycles. The fraction of sp³-hybridized carbons (Fsp3) is 0.268. The van der Waals surface area contributed by atoms with Gasteiger partial charge in [0.15, 0.2) is 17.1 Å². The van der Waals surface area contributed by atoms with Crippen molar-refractivity contribution in [3.63, 3.8) is 0 Å². The van der Waals surface area contributed by atoms with Gasteiger partial charge in [0.2, 0.25) is 23.0 Å². The second-order valence-electron chi connectivity index (χ2n) is 13.0. The first-order chi connectivity index (χ1) is 25.6. The molecule has 12 nitrogen and oxygen atoms in total. The maximum atomic E-state index is 14.3.